The molecule has 0 radical (unpaired) electrons. The first-order valence-corrected chi connectivity index (χ1v) is 12.9. The standard InChI is InChI=1S/C29H26F3N3OS/c1-17-4-3-5-25(27(17)19-6-9-22(10-7-19)29(30,31)32)28(36)35-23-11-8-20-12-24(14-21(20)13-23)33-15-26-18(2)34-16-37-26/h3-11,13,16,24,33H,12,14-15H2,1-2H3,(H,35,36)/t24-/m0/s1. The van der Waals surface area contributed by atoms with E-state index in [2.05, 4.69) is 21.7 Å². The summed E-state index contributed by atoms with van der Waals surface area (Å²) in [5, 5.41) is 6.61. The van der Waals surface area contributed by atoms with Gasteiger partial charge in [-0.05, 0) is 84.8 Å². The first-order valence-electron chi connectivity index (χ1n) is 12.0. The number of hydrogen-bond donors (Lipinski definition) is 2. The van der Waals surface area contributed by atoms with Crippen LogP contribution < -0.4 is 10.6 Å². The van der Waals surface area contributed by atoms with Crippen LogP contribution in [0.4, 0.5) is 18.9 Å². The monoisotopic (exact) mass is 521 g/mol. The molecule has 0 unspecified atom stereocenters. The van der Waals surface area contributed by atoms with Crippen LogP contribution in [-0.2, 0) is 25.6 Å². The van der Waals surface area contributed by atoms with Gasteiger partial charge in [0.25, 0.3) is 5.91 Å². The molecule has 1 heterocycles. The molecule has 3 aromatic carbocycles. The van der Waals surface area contributed by atoms with E-state index in [4.69, 9.17) is 0 Å². The lowest BCUT2D eigenvalue weighted by atomic mass is 9.93. The minimum atomic E-state index is -4.41. The van der Waals surface area contributed by atoms with E-state index in [1.807, 2.05) is 37.6 Å². The lowest BCUT2D eigenvalue weighted by molar-refractivity contribution is -0.137. The average Bonchev–Trinajstić information content (AvgIpc) is 3.47. The largest absolute Gasteiger partial charge is 0.416 e. The molecule has 37 heavy (non-hydrogen) atoms. The van der Waals surface area contributed by atoms with Crippen molar-refractivity contribution in [2.75, 3.05) is 5.32 Å². The van der Waals surface area contributed by atoms with Gasteiger partial charge in [0.2, 0.25) is 0 Å². The minimum Gasteiger partial charge on any atom is -0.322 e. The Bertz CT molecular complexity index is 1440. The fraction of sp³-hybridized carbons (Fsp3) is 0.241. The highest BCUT2D eigenvalue weighted by atomic mass is 32.1. The fourth-order valence-corrected chi connectivity index (χ4v) is 5.57. The van der Waals surface area contributed by atoms with Crippen LogP contribution in [-0.4, -0.2) is 16.9 Å². The van der Waals surface area contributed by atoms with Gasteiger partial charge in [-0.1, -0.05) is 30.3 Å². The normalized spacial score (nSPS) is 15.0. The number of amides is 1. The lowest BCUT2D eigenvalue weighted by Gasteiger charge is -2.15. The van der Waals surface area contributed by atoms with E-state index in [1.165, 1.54) is 28.1 Å². The van der Waals surface area contributed by atoms with E-state index in [0.717, 1.165) is 42.8 Å². The van der Waals surface area contributed by atoms with Crippen LogP contribution in [0.15, 0.2) is 66.2 Å². The van der Waals surface area contributed by atoms with Gasteiger partial charge in [0.15, 0.2) is 0 Å². The van der Waals surface area contributed by atoms with Crippen LogP contribution in [0.2, 0.25) is 0 Å². The molecule has 1 aromatic heterocycles. The van der Waals surface area contributed by atoms with Crippen molar-refractivity contribution in [2.45, 2.75) is 45.5 Å². The number of thiazole rings is 1. The fourth-order valence-electron chi connectivity index (χ4n) is 4.84. The number of aromatic nitrogens is 1. The Hall–Kier alpha value is -3.49. The number of halogens is 3. The lowest BCUT2D eigenvalue weighted by Crippen LogP contribution is -2.28. The summed E-state index contributed by atoms with van der Waals surface area (Å²) < 4.78 is 39.1. The van der Waals surface area contributed by atoms with Crippen LogP contribution in [0.1, 0.15) is 43.2 Å². The van der Waals surface area contributed by atoms with E-state index < -0.39 is 11.7 Å². The van der Waals surface area contributed by atoms with Crippen LogP contribution >= 0.6 is 11.3 Å². The third-order valence-corrected chi connectivity index (χ3v) is 7.75. The number of hydrogen-bond acceptors (Lipinski definition) is 4. The summed E-state index contributed by atoms with van der Waals surface area (Å²) in [5.74, 6) is -0.299. The summed E-state index contributed by atoms with van der Waals surface area (Å²) in [5.41, 5.74) is 7.78. The highest BCUT2D eigenvalue weighted by molar-refractivity contribution is 7.09. The van der Waals surface area contributed by atoms with Gasteiger partial charge in [-0.15, -0.1) is 11.3 Å². The second-order valence-electron chi connectivity index (χ2n) is 9.36. The zero-order chi connectivity index (χ0) is 26.2. The summed E-state index contributed by atoms with van der Waals surface area (Å²) in [7, 11) is 0. The number of nitrogens with zero attached hydrogens (tertiary/aromatic N) is 1. The van der Waals surface area contributed by atoms with Gasteiger partial charge in [-0.2, -0.15) is 13.2 Å². The van der Waals surface area contributed by atoms with Crippen LogP contribution in [0.25, 0.3) is 11.1 Å². The predicted octanol–water partition coefficient (Wildman–Crippen LogP) is 6.96. The number of benzene rings is 3. The predicted molar refractivity (Wildman–Crippen MR) is 141 cm³/mol. The number of nitrogens with one attached hydrogen (secondary N) is 2. The quantitative estimate of drug-likeness (QED) is 0.289. The van der Waals surface area contributed by atoms with Crippen molar-refractivity contribution < 1.29 is 18.0 Å². The molecule has 4 nitrogen and oxygen atoms in total. The Labute approximate surface area is 217 Å². The molecule has 0 saturated heterocycles. The molecule has 2 N–H and O–H groups in total. The maximum Gasteiger partial charge on any atom is 0.416 e. The zero-order valence-electron chi connectivity index (χ0n) is 20.4. The van der Waals surface area contributed by atoms with E-state index in [0.29, 0.717) is 28.4 Å². The van der Waals surface area contributed by atoms with Crippen molar-refractivity contribution in [3.63, 3.8) is 0 Å². The van der Waals surface area contributed by atoms with Crippen molar-refractivity contribution in [3.8, 4) is 11.1 Å². The maximum atomic E-state index is 13.3. The maximum absolute atomic E-state index is 13.3. The van der Waals surface area contributed by atoms with Crippen molar-refractivity contribution in [2.24, 2.45) is 0 Å². The van der Waals surface area contributed by atoms with Crippen molar-refractivity contribution >= 4 is 22.9 Å². The zero-order valence-corrected chi connectivity index (χ0v) is 21.3. The molecule has 8 heteroatoms. The summed E-state index contributed by atoms with van der Waals surface area (Å²) in [6.45, 7) is 4.65. The van der Waals surface area contributed by atoms with Crippen molar-refractivity contribution in [1.29, 1.82) is 0 Å². The Morgan fingerprint density at radius 1 is 1.03 bits per heavy atom. The first-order chi connectivity index (χ1) is 17.7. The highest BCUT2D eigenvalue weighted by Gasteiger charge is 2.30. The Balaban J connectivity index is 1.31. The highest BCUT2D eigenvalue weighted by Crippen LogP contribution is 2.34. The van der Waals surface area contributed by atoms with Gasteiger partial charge >= 0.3 is 6.18 Å². The van der Waals surface area contributed by atoms with Crippen LogP contribution in [0.5, 0.6) is 0 Å². The first kappa shape index (κ1) is 25.2. The number of alkyl halides is 3. The summed E-state index contributed by atoms with van der Waals surface area (Å²) in [6, 6.07) is 16.5. The summed E-state index contributed by atoms with van der Waals surface area (Å²) >= 11 is 1.65. The second-order valence-corrected chi connectivity index (χ2v) is 10.3. The summed E-state index contributed by atoms with van der Waals surface area (Å²) in [4.78, 5) is 18.9. The third kappa shape index (κ3) is 5.45. The number of carbonyl (C=O) groups is 1. The molecule has 1 atom stereocenters. The van der Waals surface area contributed by atoms with Crippen LogP contribution in [0, 0.1) is 13.8 Å². The van der Waals surface area contributed by atoms with E-state index in [-0.39, 0.29) is 5.91 Å². The Morgan fingerprint density at radius 2 is 1.78 bits per heavy atom. The van der Waals surface area contributed by atoms with Crippen molar-refractivity contribution in [3.05, 3.63) is 105 Å². The Morgan fingerprint density at radius 3 is 2.49 bits per heavy atom. The van der Waals surface area contributed by atoms with Gasteiger partial charge in [0, 0.05) is 28.7 Å². The third-order valence-electron chi connectivity index (χ3n) is 6.81. The number of fused-ring (bicyclic) bond motifs is 1. The SMILES string of the molecule is Cc1cccc(C(=O)Nc2ccc3c(c2)C[C@@H](NCc2scnc2C)C3)c1-c1ccc(C(F)(F)F)cc1. The molecule has 1 aliphatic rings. The number of carbonyl (C=O) groups excluding carboxylic acids is 1. The molecule has 0 spiro atoms. The molecule has 0 saturated carbocycles. The molecule has 190 valence electrons. The molecule has 0 aliphatic heterocycles. The molecule has 5 rings (SSSR count). The van der Waals surface area contributed by atoms with Gasteiger partial charge in [-0.25, -0.2) is 4.98 Å². The number of anilines is 1. The minimum absolute atomic E-state index is 0.299. The average molecular weight is 522 g/mol. The van der Waals surface area contributed by atoms with E-state index in [9.17, 15) is 18.0 Å². The molecule has 1 amide bonds. The summed E-state index contributed by atoms with van der Waals surface area (Å²) in [6.07, 6.45) is -2.61. The molecular formula is C29H26F3N3OS. The van der Waals surface area contributed by atoms with Gasteiger partial charge in [0.05, 0.1) is 16.8 Å². The molecular weight excluding hydrogens is 495 g/mol. The number of rotatable bonds is 6. The number of aryl methyl sites for hydroxylation is 2. The van der Waals surface area contributed by atoms with Gasteiger partial charge in [0.1, 0.15) is 0 Å². The molecule has 0 fully saturated rings. The topological polar surface area (TPSA) is 54.0 Å². The molecule has 4 aromatic rings. The Kier molecular flexibility index (Phi) is 6.88. The van der Waals surface area contributed by atoms with E-state index in [1.54, 1.807) is 23.5 Å². The van der Waals surface area contributed by atoms with Crippen molar-refractivity contribution in [1.82, 2.24) is 10.3 Å². The second kappa shape index (κ2) is 10.1. The molecule has 0 bridgehead atoms. The van der Waals surface area contributed by atoms with Gasteiger partial charge < -0.3 is 10.6 Å². The van der Waals surface area contributed by atoms with E-state index >= 15 is 0 Å². The molecule has 1 aliphatic carbocycles. The smallest absolute Gasteiger partial charge is 0.322 e. The van der Waals surface area contributed by atoms with Crippen LogP contribution in [0.3, 0.4) is 0 Å². The van der Waals surface area contributed by atoms with Gasteiger partial charge in [-0.3, -0.25) is 4.79 Å².